The van der Waals surface area contributed by atoms with Crippen LogP contribution in [0, 0.1) is 29.1 Å². The van der Waals surface area contributed by atoms with Crippen molar-refractivity contribution in [3.63, 3.8) is 0 Å². The second-order valence-corrected chi connectivity index (χ2v) is 8.71. The normalized spacial score (nSPS) is 49.0. The van der Waals surface area contributed by atoms with Crippen molar-refractivity contribution in [1.82, 2.24) is 0 Å². The molecule has 3 heteroatoms. The fourth-order valence-electron chi connectivity index (χ4n) is 6.78. The van der Waals surface area contributed by atoms with E-state index in [9.17, 15) is 14.7 Å². The van der Waals surface area contributed by atoms with Crippen LogP contribution >= 0.6 is 0 Å². The van der Waals surface area contributed by atoms with Crippen LogP contribution in [0.25, 0.3) is 0 Å². The quantitative estimate of drug-likeness (QED) is 0.806. The highest BCUT2D eigenvalue weighted by molar-refractivity contribution is 5.91. The van der Waals surface area contributed by atoms with Gasteiger partial charge in [0.2, 0.25) is 0 Å². The van der Waals surface area contributed by atoms with Gasteiger partial charge in [-0.3, -0.25) is 9.59 Å². The average molecular weight is 316 g/mol. The van der Waals surface area contributed by atoms with E-state index in [0.717, 1.165) is 38.5 Å². The van der Waals surface area contributed by atoms with Gasteiger partial charge in [-0.1, -0.05) is 12.5 Å². The number of ketones is 2. The van der Waals surface area contributed by atoms with Crippen LogP contribution < -0.4 is 0 Å². The minimum absolute atomic E-state index is 0.0411. The summed E-state index contributed by atoms with van der Waals surface area (Å²) in [4.78, 5) is 23.9. The monoisotopic (exact) mass is 316 g/mol. The van der Waals surface area contributed by atoms with Crippen molar-refractivity contribution in [2.75, 3.05) is 0 Å². The zero-order valence-corrected chi connectivity index (χ0v) is 14.3. The standard InChI is InChI=1S/C20H28O3/c1-12(21)20(23)10-8-18-17-5-3-13-11-14(22)4-6-15(13)16(17)7-9-19(18,20)2/h11,15-18,23H,3-10H2,1-2H3/t15-,16+,17+,18+,19+,20-/m0/s1. The Kier molecular flexibility index (Phi) is 3.39. The Hall–Kier alpha value is -0.960. The molecular formula is C20H28O3. The smallest absolute Gasteiger partial charge is 0.161 e. The molecule has 3 fully saturated rings. The molecule has 0 heterocycles. The van der Waals surface area contributed by atoms with Crippen LogP contribution in [0.5, 0.6) is 0 Å². The minimum atomic E-state index is -1.11. The number of aliphatic hydroxyl groups is 1. The zero-order chi connectivity index (χ0) is 16.4. The number of hydrogen-bond acceptors (Lipinski definition) is 3. The molecule has 0 radical (unpaired) electrons. The number of hydrogen-bond donors (Lipinski definition) is 1. The van der Waals surface area contributed by atoms with E-state index in [1.165, 1.54) is 5.57 Å². The van der Waals surface area contributed by atoms with Crippen LogP contribution in [0.2, 0.25) is 0 Å². The van der Waals surface area contributed by atoms with Crippen LogP contribution in [0.15, 0.2) is 11.6 Å². The molecule has 4 rings (SSSR count). The summed E-state index contributed by atoms with van der Waals surface area (Å²) in [5.74, 6) is 2.60. The summed E-state index contributed by atoms with van der Waals surface area (Å²) < 4.78 is 0. The van der Waals surface area contributed by atoms with E-state index in [-0.39, 0.29) is 11.2 Å². The molecule has 0 saturated heterocycles. The third kappa shape index (κ3) is 1.98. The molecule has 23 heavy (non-hydrogen) atoms. The highest BCUT2D eigenvalue weighted by atomic mass is 16.3. The van der Waals surface area contributed by atoms with Crippen LogP contribution in [0.4, 0.5) is 0 Å². The van der Waals surface area contributed by atoms with Crippen LogP contribution in [-0.2, 0) is 9.59 Å². The first-order valence-corrected chi connectivity index (χ1v) is 9.33. The molecule has 0 bridgehead atoms. The largest absolute Gasteiger partial charge is 0.382 e. The van der Waals surface area contributed by atoms with E-state index >= 15 is 0 Å². The van der Waals surface area contributed by atoms with E-state index in [0.29, 0.717) is 42.3 Å². The van der Waals surface area contributed by atoms with Crippen molar-refractivity contribution in [1.29, 1.82) is 0 Å². The van der Waals surface area contributed by atoms with Gasteiger partial charge in [-0.05, 0) is 81.6 Å². The van der Waals surface area contributed by atoms with Gasteiger partial charge in [-0.25, -0.2) is 0 Å². The first-order chi connectivity index (χ1) is 10.9. The molecule has 3 nitrogen and oxygen atoms in total. The molecule has 0 spiro atoms. The van der Waals surface area contributed by atoms with Crippen LogP contribution in [-0.4, -0.2) is 22.3 Å². The Morgan fingerprint density at radius 2 is 1.91 bits per heavy atom. The van der Waals surface area contributed by atoms with Crippen molar-refractivity contribution in [3.05, 3.63) is 11.6 Å². The van der Waals surface area contributed by atoms with E-state index < -0.39 is 5.60 Å². The molecule has 4 aliphatic rings. The Labute approximate surface area is 138 Å². The first kappa shape index (κ1) is 15.6. The van der Waals surface area contributed by atoms with Crippen molar-refractivity contribution >= 4 is 11.6 Å². The average Bonchev–Trinajstić information content (AvgIpc) is 2.80. The first-order valence-electron chi connectivity index (χ1n) is 9.33. The number of carbonyl (C=O) groups excluding carboxylic acids is 2. The SMILES string of the molecule is CC(=O)[C@@]1(O)CC[C@@H]2[C@@H]3CCC4=CC(=O)CC[C@@H]4[C@H]3CC[C@]21C. The van der Waals surface area contributed by atoms with Crippen molar-refractivity contribution < 1.29 is 14.7 Å². The Bertz CT molecular complexity index is 592. The molecule has 3 saturated carbocycles. The van der Waals surface area contributed by atoms with E-state index in [1.54, 1.807) is 6.92 Å². The molecule has 4 aliphatic carbocycles. The van der Waals surface area contributed by atoms with Gasteiger partial charge in [0.05, 0.1) is 0 Å². The molecular weight excluding hydrogens is 288 g/mol. The summed E-state index contributed by atoms with van der Waals surface area (Å²) in [7, 11) is 0. The Morgan fingerprint density at radius 3 is 2.65 bits per heavy atom. The van der Waals surface area contributed by atoms with Gasteiger partial charge >= 0.3 is 0 Å². The number of rotatable bonds is 1. The van der Waals surface area contributed by atoms with Crippen molar-refractivity contribution in [3.8, 4) is 0 Å². The van der Waals surface area contributed by atoms with Gasteiger partial charge in [0.1, 0.15) is 5.60 Å². The van der Waals surface area contributed by atoms with Gasteiger partial charge in [0.25, 0.3) is 0 Å². The van der Waals surface area contributed by atoms with Crippen molar-refractivity contribution in [2.24, 2.45) is 29.1 Å². The predicted molar refractivity (Wildman–Crippen MR) is 87.7 cm³/mol. The molecule has 126 valence electrons. The minimum Gasteiger partial charge on any atom is -0.382 e. The predicted octanol–water partition coefficient (Wildman–Crippen LogP) is 3.45. The number of fused-ring (bicyclic) bond motifs is 5. The Balaban J connectivity index is 1.65. The van der Waals surface area contributed by atoms with Gasteiger partial charge in [0.15, 0.2) is 11.6 Å². The van der Waals surface area contributed by atoms with Gasteiger partial charge in [0, 0.05) is 11.8 Å². The zero-order valence-electron chi connectivity index (χ0n) is 14.3. The molecule has 0 aromatic heterocycles. The summed E-state index contributed by atoms with van der Waals surface area (Å²) >= 11 is 0. The fraction of sp³-hybridized carbons (Fsp3) is 0.800. The lowest BCUT2D eigenvalue weighted by Crippen LogP contribution is -2.55. The van der Waals surface area contributed by atoms with E-state index in [4.69, 9.17) is 0 Å². The molecule has 0 amide bonds. The molecule has 6 atom stereocenters. The lowest BCUT2D eigenvalue weighted by molar-refractivity contribution is -0.157. The highest BCUT2D eigenvalue weighted by Crippen LogP contribution is 2.64. The molecule has 0 aliphatic heterocycles. The number of allylic oxidation sites excluding steroid dienone is 1. The maximum absolute atomic E-state index is 12.2. The molecule has 0 aromatic rings. The van der Waals surface area contributed by atoms with Gasteiger partial charge in [-0.2, -0.15) is 0 Å². The molecule has 1 N–H and O–H groups in total. The summed E-state index contributed by atoms with van der Waals surface area (Å²) in [5.41, 5.74) is 0.0402. The van der Waals surface area contributed by atoms with E-state index in [2.05, 4.69) is 6.92 Å². The van der Waals surface area contributed by atoms with E-state index in [1.807, 2.05) is 6.08 Å². The summed E-state index contributed by atoms with van der Waals surface area (Å²) in [6.45, 7) is 3.73. The summed E-state index contributed by atoms with van der Waals surface area (Å²) in [6.07, 6.45) is 9.51. The number of carbonyl (C=O) groups is 2. The highest BCUT2D eigenvalue weighted by Gasteiger charge is 2.64. The Morgan fingerprint density at radius 1 is 1.13 bits per heavy atom. The maximum Gasteiger partial charge on any atom is 0.161 e. The topological polar surface area (TPSA) is 54.4 Å². The third-order valence-corrected chi connectivity index (χ3v) is 8.03. The van der Waals surface area contributed by atoms with Gasteiger partial charge in [-0.15, -0.1) is 0 Å². The second kappa shape index (κ2) is 5.02. The fourth-order valence-corrected chi connectivity index (χ4v) is 6.78. The lowest BCUT2D eigenvalue weighted by atomic mass is 9.50. The lowest BCUT2D eigenvalue weighted by Gasteiger charge is -2.55. The number of Topliss-reactive ketones (excluding diaryl/α,β-unsaturated/α-hetero) is 1. The summed E-state index contributed by atoms with van der Waals surface area (Å²) in [6, 6.07) is 0. The second-order valence-electron chi connectivity index (χ2n) is 8.71. The third-order valence-electron chi connectivity index (χ3n) is 8.03. The van der Waals surface area contributed by atoms with Crippen LogP contribution in [0.1, 0.15) is 65.2 Å². The van der Waals surface area contributed by atoms with Crippen molar-refractivity contribution in [2.45, 2.75) is 70.8 Å². The maximum atomic E-state index is 12.2. The molecule has 0 aromatic carbocycles. The summed E-state index contributed by atoms with van der Waals surface area (Å²) in [5, 5.41) is 11.1. The van der Waals surface area contributed by atoms with Crippen LogP contribution in [0.3, 0.4) is 0 Å². The van der Waals surface area contributed by atoms with Gasteiger partial charge < -0.3 is 5.11 Å². The molecule has 0 unspecified atom stereocenters.